The highest BCUT2D eigenvalue weighted by atomic mass is 16.5. The standard InChI is InChI=1S/C31H40N8O3/c1-20-18-36(2)19-28-23(30(35-37(28)3)42-22-12-13-32-16-22)9-10-26-24-15-21(25-17-33-38(4)31(25)41-20)8-11-27(24)39(34-26)29-7-5-6-14-40-29/h8-11,15,17,20,22,29,32H,5-7,12-14,16,18-19H2,1-4H3/b10-9+/t20-,22-,29?/m0/s1. The van der Waals surface area contributed by atoms with Crippen LogP contribution in [0.3, 0.4) is 0 Å². The van der Waals surface area contributed by atoms with Gasteiger partial charge in [0.15, 0.2) is 6.23 Å². The minimum absolute atomic E-state index is 0.0627. The fourth-order valence-electron chi connectivity index (χ4n) is 6.38. The quantitative estimate of drug-likeness (QED) is 0.394. The molecule has 1 N–H and O–H groups in total. The van der Waals surface area contributed by atoms with Crippen LogP contribution in [-0.2, 0) is 25.4 Å². The summed E-state index contributed by atoms with van der Waals surface area (Å²) in [5, 5.41) is 19.0. The zero-order valence-corrected chi connectivity index (χ0v) is 24.9. The van der Waals surface area contributed by atoms with Crippen LogP contribution in [0.5, 0.6) is 11.8 Å². The number of aryl methyl sites for hydroxylation is 2. The minimum atomic E-state index is -0.0747. The van der Waals surface area contributed by atoms with Crippen LogP contribution >= 0.6 is 0 Å². The maximum atomic E-state index is 6.54. The summed E-state index contributed by atoms with van der Waals surface area (Å²) in [6.45, 7) is 6.07. The molecular weight excluding hydrogens is 532 g/mol. The van der Waals surface area contributed by atoms with Gasteiger partial charge in [0.25, 0.3) is 0 Å². The lowest BCUT2D eigenvalue weighted by Crippen LogP contribution is -2.32. The Balaban J connectivity index is 1.39. The van der Waals surface area contributed by atoms with Crippen molar-refractivity contribution in [1.82, 2.24) is 39.6 Å². The summed E-state index contributed by atoms with van der Waals surface area (Å²) in [6, 6.07) is 6.49. The Morgan fingerprint density at radius 3 is 2.76 bits per heavy atom. The molecule has 6 heterocycles. The molecule has 1 aromatic carbocycles. The molecule has 0 saturated carbocycles. The number of hydrogen-bond donors (Lipinski definition) is 1. The van der Waals surface area contributed by atoms with Crippen LogP contribution in [0.2, 0.25) is 0 Å². The number of benzene rings is 1. The van der Waals surface area contributed by atoms with E-state index in [1.54, 1.807) is 0 Å². The predicted octanol–water partition coefficient (Wildman–Crippen LogP) is 3.99. The van der Waals surface area contributed by atoms with Crippen molar-refractivity contribution in [3.63, 3.8) is 0 Å². The second-order valence-corrected chi connectivity index (χ2v) is 11.9. The fourth-order valence-corrected chi connectivity index (χ4v) is 6.38. The average molecular weight is 573 g/mol. The number of rotatable bonds is 3. The molecule has 3 aliphatic rings. The van der Waals surface area contributed by atoms with E-state index >= 15 is 0 Å². The molecular formula is C31H40N8O3. The van der Waals surface area contributed by atoms with Gasteiger partial charge in [-0.2, -0.15) is 10.2 Å². The van der Waals surface area contributed by atoms with Gasteiger partial charge in [-0.25, -0.2) is 9.36 Å². The molecule has 1 unspecified atom stereocenters. The van der Waals surface area contributed by atoms with Crippen molar-refractivity contribution < 1.29 is 14.2 Å². The summed E-state index contributed by atoms with van der Waals surface area (Å²) in [4.78, 5) is 2.27. The van der Waals surface area contributed by atoms with Gasteiger partial charge in [0, 0.05) is 45.7 Å². The molecule has 11 heteroatoms. The first-order chi connectivity index (χ1) is 20.4. The van der Waals surface area contributed by atoms with Crippen molar-refractivity contribution in [2.24, 2.45) is 14.1 Å². The van der Waals surface area contributed by atoms with Crippen LogP contribution in [0.1, 0.15) is 55.8 Å². The summed E-state index contributed by atoms with van der Waals surface area (Å²) in [6.07, 6.45) is 10.2. The van der Waals surface area contributed by atoms with E-state index in [9.17, 15) is 0 Å². The Kier molecular flexibility index (Phi) is 7.25. The molecule has 7 rings (SSSR count). The number of nitrogens with one attached hydrogen (secondary N) is 1. The SMILES string of the molecule is C[C@H]1CN(C)Cc2c(c(O[C@H]3CCNC3)nn2C)/C=C/c2nn(C3CCCCO3)c3ccc(cc23)-c2cnn(C)c2O1. The van der Waals surface area contributed by atoms with E-state index in [0.717, 1.165) is 96.8 Å². The molecule has 11 nitrogen and oxygen atoms in total. The molecule has 2 fully saturated rings. The van der Waals surface area contributed by atoms with Crippen LogP contribution < -0.4 is 14.8 Å². The lowest BCUT2D eigenvalue weighted by Gasteiger charge is -2.23. The highest BCUT2D eigenvalue weighted by molar-refractivity contribution is 5.93. The van der Waals surface area contributed by atoms with E-state index in [-0.39, 0.29) is 18.4 Å². The second-order valence-electron chi connectivity index (χ2n) is 11.9. The molecule has 4 aromatic rings. The van der Waals surface area contributed by atoms with E-state index in [0.29, 0.717) is 12.4 Å². The Morgan fingerprint density at radius 1 is 1.05 bits per heavy atom. The Morgan fingerprint density at radius 2 is 1.95 bits per heavy atom. The van der Waals surface area contributed by atoms with Crippen molar-refractivity contribution in [2.45, 2.75) is 57.6 Å². The molecule has 2 bridgehead atoms. The third kappa shape index (κ3) is 5.10. The van der Waals surface area contributed by atoms with E-state index in [1.807, 2.05) is 29.7 Å². The minimum Gasteiger partial charge on any atom is -0.473 e. The van der Waals surface area contributed by atoms with E-state index in [2.05, 4.69) is 64.3 Å². The summed E-state index contributed by atoms with van der Waals surface area (Å²) >= 11 is 0. The molecule has 3 atom stereocenters. The van der Waals surface area contributed by atoms with Gasteiger partial charge >= 0.3 is 0 Å². The maximum Gasteiger partial charge on any atom is 0.240 e. The highest BCUT2D eigenvalue weighted by Crippen LogP contribution is 2.36. The van der Waals surface area contributed by atoms with E-state index < -0.39 is 0 Å². The van der Waals surface area contributed by atoms with Gasteiger partial charge in [0.1, 0.15) is 12.2 Å². The highest BCUT2D eigenvalue weighted by Gasteiger charge is 2.26. The lowest BCUT2D eigenvalue weighted by molar-refractivity contribution is -0.0367. The Hall–Kier alpha value is -3.67. The average Bonchev–Trinajstić information content (AvgIpc) is 3.76. The number of aromatic nitrogens is 6. The summed E-state index contributed by atoms with van der Waals surface area (Å²) in [5.41, 5.74) is 6.01. The van der Waals surface area contributed by atoms with Crippen LogP contribution in [0, 0.1) is 0 Å². The number of nitrogens with zero attached hydrogens (tertiary/aromatic N) is 7. The summed E-state index contributed by atoms with van der Waals surface area (Å²) < 4.78 is 25.0. The topological polar surface area (TPSA) is 96.4 Å². The largest absolute Gasteiger partial charge is 0.473 e. The normalized spacial score (nSPS) is 24.1. The van der Waals surface area contributed by atoms with Crippen molar-refractivity contribution >= 4 is 23.1 Å². The molecule has 0 spiro atoms. The second kappa shape index (κ2) is 11.2. The van der Waals surface area contributed by atoms with Gasteiger partial charge < -0.3 is 19.5 Å². The first kappa shape index (κ1) is 27.2. The molecule has 42 heavy (non-hydrogen) atoms. The van der Waals surface area contributed by atoms with Gasteiger partial charge in [0.05, 0.1) is 34.2 Å². The van der Waals surface area contributed by atoms with Gasteiger partial charge in [-0.1, -0.05) is 6.07 Å². The zero-order valence-electron chi connectivity index (χ0n) is 24.9. The molecule has 3 aromatic heterocycles. The number of ether oxygens (including phenoxy) is 3. The van der Waals surface area contributed by atoms with Gasteiger partial charge in [-0.05, 0) is 76.0 Å². The molecule has 0 radical (unpaired) electrons. The van der Waals surface area contributed by atoms with Crippen molar-refractivity contribution in [2.75, 3.05) is 33.3 Å². The van der Waals surface area contributed by atoms with Crippen LogP contribution in [-0.4, -0.2) is 79.7 Å². The third-order valence-corrected chi connectivity index (χ3v) is 8.53. The van der Waals surface area contributed by atoms with Crippen LogP contribution in [0.4, 0.5) is 0 Å². The van der Waals surface area contributed by atoms with Gasteiger partial charge in [-0.3, -0.25) is 9.58 Å². The van der Waals surface area contributed by atoms with Gasteiger partial charge in [-0.15, -0.1) is 5.10 Å². The van der Waals surface area contributed by atoms with Gasteiger partial charge in [0.2, 0.25) is 11.8 Å². The van der Waals surface area contributed by atoms with Crippen molar-refractivity contribution in [3.05, 3.63) is 41.3 Å². The zero-order chi connectivity index (χ0) is 28.8. The van der Waals surface area contributed by atoms with E-state index in [4.69, 9.17) is 24.4 Å². The Labute approximate surface area is 246 Å². The Bertz CT molecular complexity index is 1610. The van der Waals surface area contributed by atoms with Crippen LogP contribution in [0.25, 0.3) is 34.2 Å². The number of hydrogen-bond acceptors (Lipinski definition) is 8. The first-order valence-corrected chi connectivity index (χ1v) is 15.1. The summed E-state index contributed by atoms with van der Waals surface area (Å²) in [7, 11) is 6.04. The fraction of sp³-hybridized carbons (Fsp3) is 0.516. The molecule has 3 aliphatic heterocycles. The first-order valence-electron chi connectivity index (χ1n) is 15.1. The molecule has 2 saturated heterocycles. The third-order valence-electron chi connectivity index (χ3n) is 8.53. The van der Waals surface area contributed by atoms with E-state index in [1.165, 1.54) is 0 Å². The lowest BCUT2D eigenvalue weighted by atomic mass is 10.0. The maximum absolute atomic E-state index is 6.54. The summed E-state index contributed by atoms with van der Waals surface area (Å²) in [5.74, 6) is 1.42. The van der Waals surface area contributed by atoms with Crippen molar-refractivity contribution in [3.8, 4) is 22.9 Å². The van der Waals surface area contributed by atoms with Crippen LogP contribution in [0.15, 0.2) is 24.4 Å². The molecule has 0 amide bonds. The predicted molar refractivity (Wildman–Crippen MR) is 161 cm³/mol. The number of fused-ring (bicyclic) bond motifs is 4. The molecule has 222 valence electrons. The number of likely N-dealkylation sites (N-methyl/N-ethyl adjacent to an activating group) is 1. The smallest absolute Gasteiger partial charge is 0.240 e. The van der Waals surface area contributed by atoms with Crippen molar-refractivity contribution in [1.29, 1.82) is 0 Å². The monoisotopic (exact) mass is 572 g/mol. The molecule has 0 aliphatic carbocycles.